The molecule has 0 radical (unpaired) electrons. The molecular formula is C50H48N6Pt. The molecule has 9 rings (SSSR count). The molecule has 0 aliphatic carbocycles. The van der Waals surface area contributed by atoms with Gasteiger partial charge in [0, 0.05) is 31.0 Å². The van der Waals surface area contributed by atoms with Crippen LogP contribution in [0.3, 0.4) is 0 Å². The zero-order valence-corrected chi connectivity index (χ0v) is 35.1. The number of hydrogen-bond donors (Lipinski definition) is 0. The van der Waals surface area contributed by atoms with Gasteiger partial charge in [-0.3, -0.25) is 0 Å². The van der Waals surface area contributed by atoms with Crippen LogP contribution < -0.4 is 24.6 Å². The zero-order valence-electron chi connectivity index (χ0n) is 38.9. The Hall–Kier alpha value is -5.50. The van der Waals surface area contributed by atoms with Gasteiger partial charge in [-0.15, -0.1) is 46.2 Å². The van der Waals surface area contributed by atoms with Crippen LogP contribution in [0.4, 0.5) is 34.1 Å². The Morgan fingerprint density at radius 1 is 0.614 bits per heavy atom. The van der Waals surface area contributed by atoms with Gasteiger partial charge < -0.3 is 24.6 Å². The van der Waals surface area contributed by atoms with Crippen LogP contribution in [-0.2, 0) is 21.1 Å². The van der Waals surface area contributed by atoms with Crippen LogP contribution in [0, 0.1) is 30.7 Å². The van der Waals surface area contributed by atoms with E-state index >= 15 is 0 Å². The average molecular weight is 934 g/mol. The Labute approximate surface area is 361 Å². The van der Waals surface area contributed by atoms with E-state index in [1.54, 1.807) is 31.5 Å². The minimum atomic E-state index is -2.39. The summed E-state index contributed by atoms with van der Waals surface area (Å²) in [5.74, 6) is 0.817. The van der Waals surface area contributed by atoms with E-state index in [9.17, 15) is 0 Å². The molecule has 57 heavy (non-hydrogen) atoms. The van der Waals surface area contributed by atoms with Crippen LogP contribution in [0.25, 0.3) is 32.9 Å². The van der Waals surface area contributed by atoms with Gasteiger partial charge in [-0.05, 0) is 101 Å². The molecular weight excluding hydrogens is 880 g/mol. The van der Waals surface area contributed by atoms with Crippen LogP contribution >= 0.6 is 0 Å². The Morgan fingerprint density at radius 3 is 1.63 bits per heavy atom. The van der Waals surface area contributed by atoms with E-state index < -0.39 is 14.0 Å². The second-order valence-electron chi connectivity index (χ2n) is 15.3. The molecule has 0 saturated heterocycles. The normalized spacial score (nSPS) is 15.3. The fraction of sp³-hybridized carbons (Fsp3) is 0.220. The van der Waals surface area contributed by atoms with Crippen LogP contribution in [0.5, 0.6) is 0 Å². The van der Waals surface area contributed by atoms with Crippen molar-refractivity contribution < 1.29 is 29.3 Å². The first-order valence-corrected chi connectivity index (χ1v) is 19.1. The molecule has 0 fully saturated rings. The van der Waals surface area contributed by atoms with Gasteiger partial charge >= 0.3 is 21.1 Å². The molecule has 6 aromatic carbocycles. The molecule has 7 aromatic rings. The molecule has 0 unspecified atom stereocenters. The molecule has 0 bridgehead atoms. The van der Waals surface area contributed by atoms with Crippen molar-refractivity contribution in [1.29, 1.82) is 5.26 Å². The fourth-order valence-electron chi connectivity index (χ4n) is 7.69. The van der Waals surface area contributed by atoms with Crippen molar-refractivity contribution in [2.24, 2.45) is 0 Å². The van der Waals surface area contributed by atoms with E-state index in [1.807, 2.05) is 82.6 Å². The largest absolute Gasteiger partial charge is 4.00 e. The molecule has 0 amide bonds. The van der Waals surface area contributed by atoms with Crippen molar-refractivity contribution in [2.75, 3.05) is 33.6 Å². The molecule has 2 aliphatic heterocycles. The van der Waals surface area contributed by atoms with Crippen LogP contribution in [0.15, 0.2) is 115 Å². The Kier molecular flexibility index (Phi) is 9.23. The molecule has 288 valence electrons. The third-order valence-electron chi connectivity index (χ3n) is 10.6. The minimum absolute atomic E-state index is 0. The Bertz CT molecular complexity index is 2720. The fourth-order valence-corrected chi connectivity index (χ4v) is 7.69. The number of rotatable bonds is 6. The predicted molar refractivity (Wildman–Crippen MR) is 235 cm³/mol. The molecule has 0 saturated carbocycles. The van der Waals surface area contributed by atoms with Gasteiger partial charge in [-0.2, -0.15) is 18.6 Å². The van der Waals surface area contributed by atoms with Gasteiger partial charge in [0.2, 0.25) is 0 Å². The maximum Gasteiger partial charge on any atom is 4.00 e. The zero-order chi connectivity index (χ0) is 44.2. The summed E-state index contributed by atoms with van der Waals surface area (Å²) < 4.78 is 49.5. The summed E-state index contributed by atoms with van der Waals surface area (Å²) in [5, 5.41) is 11.0. The first-order valence-electron chi connectivity index (χ1n) is 22.1. The number of aromatic nitrogens is 1. The first kappa shape index (κ1) is 32.6. The minimum Gasteiger partial charge on any atom is -0.657 e. The van der Waals surface area contributed by atoms with Crippen LogP contribution in [0.2, 0.25) is 0 Å². The van der Waals surface area contributed by atoms with Crippen molar-refractivity contribution in [2.45, 2.75) is 59.3 Å². The summed E-state index contributed by atoms with van der Waals surface area (Å²) in [5.41, 5.74) is 12.3. The number of nitrogens with zero attached hydrogens (tertiary/aromatic N) is 6. The van der Waals surface area contributed by atoms with Gasteiger partial charge in [0.05, 0.1) is 11.6 Å². The van der Waals surface area contributed by atoms with E-state index in [1.165, 1.54) is 26.5 Å². The van der Waals surface area contributed by atoms with Crippen molar-refractivity contribution >= 4 is 55.9 Å². The topological polar surface area (TPSA) is 50.9 Å². The maximum atomic E-state index is 8.84. The second kappa shape index (κ2) is 16.2. The first-order chi connectivity index (χ1) is 29.4. The molecule has 0 atom stereocenters. The van der Waals surface area contributed by atoms with Gasteiger partial charge in [-0.1, -0.05) is 108 Å². The van der Waals surface area contributed by atoms with E-state index in [-0.39, 0.29) is 32.9 Å². The SMILES string of the molecule is N#Cc1ccc2[n-]c3ccccc3c2c1.[2H]C([2H])([2H])N1[CH-]N(c2[c-]c(N3[CH-]N(C([2H])([2H])[2H])c4ccccc43)cc(-c3c(C(C)C)cc(C(C)C)cc3C(C)C)c2)c2ccccc21.[Pt+4]. The van der Waals surface area contributed by atoms with Crippen LogP contribution in [0.1, 0.15) is 89.8 Å². The van der Waals surface area contributed by atoms with Crippen molar-refractivity contribution in [1.82, 2.24) is 4.98 Å². The Morgan fingerprint density at radius 2 is 1.12 bits per heavy atom. The average Bonchev–Trinajstić information content (AvgIpc) is 3.95. The number of benzene rings is 6. The quantitative estimate of drug-likeness (QED) is 0.155. The van der Waals surface area contributed by atoms with Crippen molar-refractivity contribution in [3.63, 3.8) is 0 Å². The van der Waals surface area contributed by atoms with Crippen LogP contribution in [-0.4, -0.2) is 14.0 Å². The summed E-state index contributed by atoms with van der Waals surface area (Å²) in [6.07, 6.45) is 0. The number of hydrogen-bond acceptors (Lipinski definition) is 5. The maximum absolute atomic E-state index is 8.84. The van der Waals surface area contributed by atoms with Gasteiger partial charge in [0.15, 0.2) is 0 Å². The number of anilines is 6. The monoisotopic (exact) mass is 933 g/mol. The smallest absolute Gasteiger partial charge is 0.657 e. The molecule has 7 heteroatoms. The predicted octanol–water partition coefficient (Wildman–Crippen LogP) is 12.8. The second-order valence-corrected chi connectivity index (χ2v) is 15.3. The third kappa shape index (κ3) is 7.42. The summed E-state index contributed by atoms with van der Waals surface area (Å²) in [6.45, 7) is 11.7. The number of fused-ring (bicyclic) bond motifs is 5. The third-order valence-corrected chi connectivity index (χ3v) is 10.6. The summed E-state index contributed by atoms with van der Waals surface area (Å²) in [7, 11) is 0. The van der Waals surface area contributed by atoms with E-state index in [4.69, 9.17) is 13.5 Å². The summed E-state index contributed by atoms with van der Waals surface area (Å²) in [4.78, 5) is 10.8. The Balaban J connectivity index is 0.000000311. The summed E-state index contributed by atoms with van der Waals surface area (Å²) >= 11 is 0. The van der Waals surface area contributed by atoms with Crippen molar-refractivity contribution in [3.05, 3.63) is 157 Å². The molecule has 6 nitrogen and oxygen atoms in total. The number of nitriles is 1. The molecule has 1 aromatic heterocycles. The van der Waals surface area contributed by atoms with Gasteiger partial charge in [-0.25, -0.2) is 0 Å². The molecule has 2 aliphatic rings. The summed E-state index contributed by atoms with van der Waals surface area (Å²) in [6, 6.07) is 42.9. The van der Waals surface area contributed by atoms with E-state index in [0.29, 0.717) is 34.2 Å². The van der Waals surface area contributed by atoms with Gasteiger partial charge in [0.25, 0.3) is 0 Å². The standard InChI is InChI=1S/C37H41N4.C13H7N2.Pt/c1-24(2)27-19-31(25(3)4)37(32(20-27)26(5)6)28-17-29(40-22-38(7)33-13-9-11-15-35(33)40)21-30(18-28)41-23-39(8)34-14-10-12-16-36(34)41;14-8-9-5-6-13-11(7-9)10-3-1-2-4-12(10)15-13;/h9-20,22-26H,1-8H3;1-7H;/q-3;-1;+4/i7D3,8D3;;. The van der Waals surface area contributed by atoms with E-state index in [2.05, 4.69) is 82.9 Å². The molecule has 3 heterocycles. The number of para-hydroxylation sites is 5. The van der Waals surface area contributed by atoms with Gasteiger partial charge in [0.1, 0.15) is 0 Å². The molecule has 0 N–H and O–H groups in total. The van der Waals surface area contributed by atoms with E-state index in [0.717, 1.165) is 44.3 Å². The molecule has 0 spiro atoms. The van der Waals surface area contributed by atoms with Crippen molar-refractivity contribution in [3.8, 4) is 17.2 Å².